The second kappa shape index (κ2) is 4.88. The Balaban J connectivity index is 2.73. The minimum atomic E-state index is 0.479. The van der Waals surface area contributed by atoms with Crippen molar-refractivity contribution < 1.29 is 9.53 Å². The summed E-state index contributed by atoms with van der Waals surface area (Å²) < 4.78 is 7.26. The number of aryl methyl sites for hydroxylation is 1. The first-order valence-corrected chi connectivity index (χ1v) is 6.14. The minimum absolute atomic E-state index is 0.479. The molecule has 0 N–H and O–H groups in total. The summed E-state index contributed by atoms with van der Waals surface area (Å²) >= 11 is 0. The third-order valence-corrected chi connectivity index (χ3v) is 3.67. The molecule has 0 aliphatic carbocycles. The number of carbonyl (C=O) groups is 1. The van der Waals surface area contributed by atoms with Gasteiger partial charge in [-0.25, -0.2) is 4.98 Å². The molecule has 0 saturated heterocycles. The van der Waals surface area contributed by atoms with Crippen LogP contribution in [0.15, 0.2) is 12.1 Å². The Kier molecular flexibility index (Phi) is 3.42. The summed E-state index contributed by atoms with van der Waals surface area (Å²) in [6.45, 7) is 5.94. The summed E-state index contributed by atoms with van der Waals surface area (Å²) in [6, 6.07) is 3.90. The van der Waals surface area contributed by atoms with Crippen molar-refractivity contribution in [2.45, 2.75) is 20.8 Å². The maximum absolute atomic E-state index is 11.2. The summed E-state index contributed by atoms with van der Waals surface area (Å²) in [5.74, 6) is 1.68. The lowest BCUT2D eigenvalue weighted by molar-refractivity contribution is 0.112. The van der Waals surface area contributed by atoms with E-state index in [0.717, 1.165) is 40.2 Å². The Labute approximate surface area is 113 Å². The molecule has 4 nitrogen and oxygen atoms in total. The quantitative estimate of drug-likeness (QED) is 0.795. The van der Waals surface area contributed by atoms with Gasteiger partial charge in [0.05, 0.1) is 12.8 Å². The van der Waals surface area contributed by atoms with Gasteiger partial charge in [-0.2, -0.15) is 0 Å². The first kappa shape index (κ1) is 13.3. The smallest absolute Gasteiger partial charge is 0.170 e. The topological polar surface area (TPSA) is 44.1 Å². The van der Waals surface area contributed by atoms with Gasteiger partial charge in [0.25, 0.3) is 0 Å². The number of hydrogen-bond acceptors (Lipinski definition) is 3. The maximum atomic E-state index is 11.2. The van der Waals surface area contributed by atoms with Crippen LogP contribution < -0.4 is 4.74 Å². The number of ether oxygens (including phenoxy) is 1. The van der Waals surface area contributed by atoms with Gasteiger partial charge in [0, 0.05) is 12.6 Å². The molecule has 0 atom stereocenters. The molecule has 0 aliphatic heterocycles. The first-order chi connectivity index (χ1) is 9.01. The SMILES string of the molecule is COc1ccc(-c2c(C=O)nc(C)n2C)c(C)c1C. The molecule has 0 fully saturated rings. The van der Waals surface area contributed by atoms with E-state index in [0.29, 0.717) is 5.69 Å². The second-order valence-corrected chi connectivity index (χ2v) is 4.64. The van der Waals surface area contributed by atoms with Crippen molar-refractivity contribution in [2.75, 3.05) is 7.11 Å². The van der Waals surface area contributed by atoms with Gasteiger partial charge in [0.1, 0.15) is 17.3 Å². The molecule has 19 heavy (non-hydrogen) atoms. The molecule has 0 saturated carbocycles. The number of aldehydes is 1. The van der Waals surface area contributed by atoms with Crippen LogP contribution in [0.5, 0.6) is 5.75 Å². The molecule has 1 aromatic carbocycles. The van der Waals surface area contributed by atoms with Gasteiger partial charge in [-0.15, -0.1) is 0 Å². The highest BCUT2D eigenvalue weighted by Crippen LogP contribution is 2.32. The molecule has 0 unspecified atom stereocenters. The lowest BCUT2D eigenvalue weighted by Gasteiger charge is -2.13. The van der Waals surface area contributed by atoms with Crippen molar-refractivity contribution in [3.63, 3.8) is 0 Å². The van der Waals surface area contributed by atoms with Crippen molar-refractivity contribution in [3.05, 3.63) is 34.8 Å². The van der Waals surface area contributed by atoms with E-state index in [4.69, 9.17) is 4.74 Å². The molecule has 0 bridgehead atoms. The zero-order valence-corrected chi connectivity index (χ0v) is 11.9. The highest BCUT2D eigenvalue weighted by Gasteiger charge is 2.17. The van der Waals surface area contributed by atoms with Crippen molar-refractivity contribution >= 4 is 6.29 Å². The van der Waals surface area contributed by atoms with Crippen molar-refractivity contribution in [3.8, 4) is 17.0 Å². The molecule has 4 heteroatoms. The van der Waals surface area contributed by atoms with Gasteiger partial charge in [-0.1, -0.05) is 0 Å². The van der Waals surface area contributed by atoms with Crippen LogP contribution in [0, 0.1) is 20.8 Å². The number of methoxy groups -OCH3 is 1. The molecule has 2 rings (SSSR count). The lowest BCUT2D eigenvalue weighted by Crippen LogP contribution is -1.99. The molecule has 1 aromatic heterocycles. The fraction of sp³-hybridized carbons (Fsp3) is 0.333. The van der Waals surface area contributed by atoms with Crippen LogP contribution in [-0.2, 0) is 7.05 Å². The highest BCUT2D eigenvalue weighted by molar-refractivity contribution is 5.85. The lowest BCUT2D eigenvalue weighted by atomic mass is 9.99. The molecule has 100 valence electrons. The number of hydrogen-bond donors (Lipinski definition) is 0. The van der Waals surface area contributed by atoms with Crippen molar-refractivity contribution in [1.29, 1.82) is 0 Å². The second-order valence-electron chi connectivity index (χ2n) is 4.64. The van der Waals surface area contributed by atoms with Gasteiger partial charge in [0.2, 0.25) is 0 Å². The van der Waals surface area contributed by atoms with Gasteiger partial charge >= 0.3 is 0 Å². The Morgan fingerprint density at radius 1 is 1.21 bits per heavy atom. The van der Waals surface area contributed by atoms with E-state index in [9.17, 15) is 4.79 Å². The van der Waals surface area contributed by atoms with Crippen LogP contribution in [0.2, 0.25) is 0 Å². The number of imidazole rings is 1. The minimum Gasteiger partial charge on any atom is -0.496 e. The standard InChI is InChI=1S/C15H18N2O2/c1-9-10(2)14(19-5)7-6-12(9)15-13(8-18)16-11(3)17(15)4/h6-8H,1-5H3. The summed E-state index contributed by atoms with van der Waals surface area (Å²) in [4.78, 5) is 15.5. The molecule has 0 aliphatic rings. The fourth-order valence-corrected chi connectivity index (χ4v) is 2.31. The largest absolute Gasteiger partial charge is 0.496 e. The van der Waals surface area contributed by atoms with E-state index in [2.05, 4.69) is 4.98 Å². The average molecular weight is 258 g/mol. The Morgan fingerprint density at radius 3 is 2.47 bits per heavy atom. The van der Waals surface area contributed by atoms with Crippen LogP contribution in [0.1, 0.15) is 27.4 Å². The third kappa shape index (κ3) is 2.03. The van der Waals surface area contributed by atoms with Crippen molar-refractivity contribution in [2.24, 2.45) is 7.05 Å². The van der Waals surface area contributed by atoms with Crippen LogP contribution in [0.25, 0.3) is 11.3 Å². The Bertz CT molecular complexity index is 642. The number of aromatic nitrogens is 2. The Hall–Kier alpha value is -2.10. The van der Waals surface area contributed by atoms with E-state index in [1.165, 1.54) is 0 Å². The normalized spacial score (nSPS) is 10.6. The highest BCUT2D eigenvalue weighted by atomic mass is 16.5. The summed E-state index contributed by atoms with van der Waals surface area (Å²) in [6.07, 6.45) is 0.807. The van der Waals surface area contributed by atoms with E-state index < -0.39 is 0 Å². The predicted molar refractivity (Wildman–Crippen MR) is 74.8 cm³/mol. The van der Waals surface area contributed by atoms with E-state index in [-0.39, 0.29) is 0 Å². The zero-order valence-electron chi connectivity index (χ0n) is 11.9. The third-order valence-electron chi connectivity index (χ3n) is 3.67. The monoisotopic (exact) mass is 258 g/mol. The summed E-state index contributed by atoms with van der Waals surface area (Å²) in [7, 11) is 3.58. The molecule has 0 amide bonds. The van der Waals surface area contributed by atoms with Gasteiger partial charge in [0.15, 0.2) is 6.29 Å². The summed E-state index contributed by atoms with van der Waals surface area (Å²) in [5.41, 5.74) is 4.54. The van der Waals surface area contributed by atoms with E-state index in [1.807, 2.05) is 44.5 Å². The van der Waals surface area contributed by atoms with Gasteiger partial charge in [-0.05, 0) is 44.0 Å². The number of carbonyl (C=O) groups excluding carboxylic acids is 1. The van der Waals surface area contributed by atoms with Crippen LogP contribution >= 0.6 is 0 Å². The van der Waals surface area contributed by atoms with Crippen LogP contribution in [-0.4, -0.2) is 22.9 Å². The van der Waals surface area contributed by atoms with E-state index >= 15 is 0 Å². The van der Waals surface area contributed by atoms with Gasteiger partial charge < -0.3 is 9.30 Å². The summed E-state index contributed by atoms with van der Waals surface area (Å²) in [5, 5.41) is 0. The van der Waals surface area contributed by atoms with Crippen molar-refractivity contribution in [1.82, 2.24) is 9.55 Å². The van der Waals surface area contributed by atoms with Crippen LogP contribution in [0.4, 0.5) is 0 Å². The maximum Gasteiger partial charge on any atom is 0.170 e. The predicted octanol–water partition coefficient (Wildman–Crippen LogP) is 2.83. The molecule has 0 radical (unpaired) electrons. The fourth-order valence-electron chi connectivity index (χ4n) is 2.31. The molecule has 1 heterocycles. The molecule has 0 spiro atoms. The van der Waals surface area contributed by atoms with E-state index in [1.54, 1.807) is 7.11 Å². The average Bonchev–Trinajstić information content (AvgIpc) is 2.69. The van der Waals surface area contributed by atoms with Crippen LogP contribution in [0.3, 0.4) is 0 Å². The molecule has 2 aromatic rings. The Morgan fingerprint density at radius 2 is 1.89 bits per heavy atom. The molecular weight excluding hydrogens is 240 g/mol. The number of rotatable bonds is 3. The van der Waals surface area contributed by atoms with Gasteiger partial charge in [-0.3, -0.25) is 4.79 Å². The molecular formula is C15H18N2O2. The number of benzene rings is 1. The number of nitrogens with zero attached hydrogens (tertiary/aromatic N) is 2. The first-order valence-electron chi connectivity index (χ1n) is 6.14. The zero-order chi connectivity index (χ0) is 14.2.